The van der Waals surface area contributed by atoms with Gasteiger partial charge in [0.25, 0.3) is 0 Å². The Kier molecular flexibility index (Phi) is 4.07. The quantitative estimate of drug-likeness (QED) is 0.897. The zero-order valence-electron chi connectivity index (χ0n) is 12.0. The number of hydrogen-bond donors (Lipinski definition) is 1. The standard InChI is InChI=1S/C17H25NO/c1-19-17-10-8-13-11-16(9-7-14(13)12-17)18-15-5-3-2-4-6-15/h8,10,12,15-16,18H,2-7,9,11H2,1H3. The van der Waals surface area contributed by atoms with E-state index in [9.17, 15) is 0 Å². The lowest BCUT2D eigenvalue weighted by Crippen LogP contribution is -2.42. The van der Waals surface area contributed by atoms with Crippen molar-refractivity contribution in [3.63, 3.8) is 0 Å². The van der Waals surface area contributed by atoms with Crippen molar-refractivity contribution >= 4 is 0 Å². The second kappa shape index (κ2) is 5.96. The largest absolute Gasteiger partial charge is 0.497 e. The van der Waals surface area contributed by atoms with Gasteiger partial charge >= 0.3 is 0 Å². The number of rotatable bonds is 3. The normalized spacial score (nSPS) is 23.9. The Morgan fingerprint density at radius 3 is 2.63 bits per heavy atom. The van der Waals surface area contributed by atoms with E-state index in [4.69, 9.17) is 4.74 Å². The van der Waals surface area contributed by atoms with Crippen LogP contribution in [-0.4, -0.2) is 19.2 Å². The molecular formula is C17H25NO. The average Bonchev–Trinajstić information content (AvgIpc) is 2.48. The summed E-state index contributed by atoms with van der Waals surface area (Å²) in [5.41, 5.74) is 3.00. The number of nitrogens with one attached hydrogen (secondary N) is 1. The molecule has 0 heterocycles. The van der Waals surface area contributed by atoms with Crippen LogP contribution in [0.2, 0.25) is 0 Å². The minimum atomic E-state index is 0.684. The van der Waals surface area contributed by atoms with Crippen LogP contribution >= 0.6 is 0 Å². The van der Waals surface area contributed by atoms with E-state index in [0.717, 1.165) is 11.8 Å². The molecule has 2 heteroatoms. The van der Waals surface area contributed by atoms with Gasteiger partial charge in [-0.3, -0.25) is 0 Å². The number of methoxy groups -OCH3 is 1. The van der Waals surface area contributed by atoms with Gasteiger partial charge in [-0.25, -0.2) is 0 Å². The Labute approximate surface area is 116 Å². The van der Waals surface area contributed by atoms with Crippen LogP contribution in [0.4, 0.5) is 0 Å². The Morgan fingerprint density at radius 2 is 1.84 bits per heavy atom. The monoisotopic (exact) mass is 259 g/mol. The fourth-order valence-corrected chi connectivity index (χ4v) is 3.60. The molecular weight excluding hydrogens is 234 g/mol. The second-order valence-electron chi connectivity index (χ2n) is 6.08. The summed E-state index contributed by atoms with van der Waals surface area (Å²) in [6.07, 6.45) is 10.7. The smallest absolute Gasteiger partial charge is 0.119 e. The molecule has 19 heavy (non-hydrogen) atoms. The van der Waals surface area contributed by atoms with E-state index < -0.39 is 0 Å². The van der Waals surface area contributed by atoms with Gasteiger partial charge in [-0.15, -0.1) is 0 Å². The fraction of sp³-hybridized carbons (Fsp3) is 0.647. The topological polar surface area (TPSA) is 21.3 Å². The van der Waals surface area contributed by atoms with E-state index in [-0.39, 0.29) is 0 Å². The summed E-state index contributed by atoms with van der Waals surface area (Å²) in [5.74, 6) is 0.998. The molecule has 1 fully saturated rings. The summed E-state index contributed by atoms with van der Waals surface area (Å²) >= 11 is 0. The molecule has 1 aromatic carbocycles. The zero-order chi connectivity index (χ0) is 13.1. The van der Waals surface area contributed by atoms with E-state index in [0.29, 0.717) is 6.04 Å². The highest BCUT2D eigenvalue weighted by molar-refractivity contribution is 5.37. The fourth-order valence-electron chi connectivity index (χ4n) is 3.60. The van der Waals surface area contributed by atoms with Gasteiger partial charge in [-0.2, -0.15) is 0 Å². The van der Waals surface area contributed by atoms with E-state index in [1.807, 2.05) is 0 Å². The molecule has 2 nitrogen and oxygen atoms in total. The van der Waals surface area contributed by atoms with Crippen LogP contribution in [0.1, 0.15) is 49.7 Å². The van der Waals surface area contributed by atoms with Gasteiger partial charge in [-0.1, -0.05) is 25.3 Å². The van der Waals surface area contributed by atoms with Gasteiger partial charge in [0.15, 0.2) is 0 Å². The first kappa shape index (κ1) is 13.0. The third-order valence-electron chi connectivity index (χ3n) is 4.72. The van der Waals surface area contributed by atoms with E-state index in [2.05, 4.69) is 23.5 Å². The van der Waals surface area contributed by atoms with Gasteiger partial charge in [0, 0.05) is 12.1 Å². The summed E-state index contributed by atoms with van der Waals surface area (Å²) in [5, 5.41) is 3.90. The Morgan fingerprint density at radius 1 is 1.00 bits per heavy atom. The highest BCUT2D eigenvalue weighted by Gasteiger charge is 2.22. The van der Waals surface area contributed by atoms with Crippen molar-refractivity contribution in [2.45, 2.75) is 63.5 Å². The molecule has 104 valence electrons. The van der Waals surface area contributed by atoms with E-state index >= 15 is 0 Å². The van der Waals surface area contributed by atoms with Crippen LogP contribution in [0.5, 0.6) is 5.75 Å². The lowest BCUT2D eigenvalue weighted by molar-refractivity contribution is 0.320. The number of benzene rings is 1. The Balaban J connectivity index is 1.61. The van der Waals surface area contributed by atoms with Gasteiger partial charge < -0.3 is 10.1 Å². The molecule has 1 aromatic rings. The first-order chi connectivity index (χ1) is 9.35. The third-order valence-corrected chi connectivity index (χ3v) is 4.72. The van der Waals surface area contributed by atoms with Crippen LogP contribution < -0.4 is 10.1 Å². The van der Waals surface area contributed by atoms with Crippen LogP contribution in [0.15, 0.2) is 18.2 Å². The van der Waals surface area contributed by atoms with Crippen molar-refractivity contribution in [2.24, 2.45) is 0 Å². The molecule has 3 rings (SSSR count). The molecule has 1 unspecified atom stereocenters. The van der Waals surface area contributed by atoms with Gasteiger partial charge in [0.1, 0.15) is 5.75 Å². The molecule has 0 aromatic heterocycles. The van der Waals surface area contributed by atoms with Crippen LogP contribution in [0.25, 0.3) is 0 Å². The highest BCUT2D eigenvalue weighted by Crippen LogP contribution is 2.27. The molecule has 1 saturated carbocycles. The third kappa shape index (κ3) is 3.11. The maximum Gasteiger partial charge on any atom is 0.119 e. The maximum atomic E-state index is 5.31. The molecule has 0 bridgehead atoms. The summed E-state index contributed by atoms with van der Waals surface area (Å²) < 4.78 is 5.31. The minimum Gasteiger partial charge on any atom is -0.497 e. The molecule has 0 spiro atoms. The Hall–Kier alpha value is -1.02. The van der Waals surface area contributed by atoms with Crippen molar-refractivity contribution in [1.29, 1.82) is 0 Å². The number of aryl methyl sites for hydroxylation is 1. The van der Waals surface area contributed by atoms with Crippen LogP contribution in [0, 0.1) is 0 Å². The molecule has 1 atom stereocenters. The Bertz CT molecular complexity index is 423. The lowest BCUT2D eigenvalue weighted by Gasteiger charge is -2.31. The summed E-state index contributed by atoms with van der Waals surface area (Å²) in [7, 11) is 1.75. The number of hydrogen-bond acceptors (Lipinski definition) is 2. The molecule has 1 N–H and O–H groups in total. The van der Waals surface area contributed by atoms with Gasteiger partial charge in [0.2, 0.25) is 0 Å². The number of fused-ring (bicyclic) bond motifs is 1. The predicted molar refractivity (Wildman–Crippen MR) is 78.8 cm³/mol. The zero-order valence-corrected chi connectivity index (χ0v) is 12.0. The molecule has 0 saturated heterocycles. The molecule has 0 radical (unpaired) electrons. The lowest BCUT2D eigenvalue weighted by atomic mass is 9.86. The number of ether oxygens (including phenoxy) is 1. The van der Waals surface area contributed by atoms with Gasteiger partial charge in [0.05, 0.1) is 7.11 Å². The SMILES string of the molecule is COc1ccc2c(c1)CCC(NC1CCCCC1)C2. The van der Waals surface area contributed by atoms with E-state index in [1.165, 1.54) is 62.5 Å². The second-order valence-corrected chi connectivity index (χ2v) is 6.08. The first-order valence-corrected chi connectivity index (χ1v) is 7.77. The highest BCUT2D eigenvalue weighted by atomic mass is 16.5. The van der Waals surface area contributed by atoms with Crippen molar-refractivity contribution in [3.8, 4) is 5.75 Å². The van der Waals surface area contributed by atoms with Crippen molar-refractivity contribution < 1.29 is 4.74 Å². The van der Waals surface area contributed by atoms with Gasteiger partial charge in [-0.05, 0) is 55.4 Å². The minimum absolute atomic E-state index is 0.684. The van der Waals surface area contributed by atoms with Crippen LogP contribution in [0.3, 0.4) is 0 Å². The molecule has 0 amide bonds. The average molecular weight is 259 g/mol. The van der Waals surface area contributed by atoms with Crippen molar-refractivity contribution in [2.75, 3.05) is 7.11 Å². The molecule has 0 aliphatic heterocycles. The predicted octanol–water partition coefficient (Wildman–Crippen LogP) is 3.47. The van der Waals surface area contributed by atoms with Crippen molar-refractivity contribution in [1.82, 2.24) is 5.32 Å². The molecule has 2 aliphatic rings. The summed E-state index contributed by atoms with van der Waals surface area (Å²) in [6, 6.07) is 8.03. The summed E-state index contributed by atoms with van der Waals surface area (Å²) in [4.78, 5) is 0. The van der Waals surface area contributed by atoms with E-state index in [1.54, 1.807) is 7.11 Å². The molecule has 2 aliphatic carbocycles. The first-order valence-electron chi connectivity index (χ1n) is 7.77. The maximum absolute atomic E-state index is 5.31. The van der Waals surface area contributed by atoms with Crippen LogP contribution in [-0.2, 0) is 12.8 Å². The van der Waals surface area contributed by atoms with Crippen molar-refractivity contribution in [3.05, 3.63) is 29.3 Å². The summed E-state index contributed by atoms with van der Waals surface area (Å²) in [6.45, 7) is 0.